The molecule has 0 saturated carbocycles. The normalized spacial score (nSPS) is 26.9. The van der Waals surface area contributed by atoms with Gasteiger partial charge in [0.25, 0.3) is 0 Å². The highest BCUT2D eigenvalue weighted by Crippen LogP contribution is 2.31. The predicted molar refractivity (Wildman–Crippen MR) is 85.7 cm³/mol. The predicted octanol–water partition coefficient (Wildman–Crippen LogP) is 0.770. The smallest absolute Gasteiger partial charge is 0.305 e. The molecule has 1 aliphatic rings. The molecule has 5 atom stereocenters. The Morgan fingerprint density at radius 2 is 1.33 bits per heavy atom. The maximum Gasteiger partial charge on any atom is 0.305 e. The third kappa shape index (κ3) is 7.12. The van der Waals surface area contributed by atoms with E-state index in [0.717, 1.165) is 27.7 Å². The van der Waals surface area contributed by atoms with Gasteiger partial charge in [0.2, 0.25) is 12.4 Å². The molecular formula is C15H21N3O9. The second kappa shape index (κ2) is 10.3. The Balaban J connectivity index is 3.28. The van der Waals surface area contributed by atoms with Gasteiger partial charge in [0.15, 0.2) is 12.2 Å². The van der Waals surface area contributed by atoms with Crippen molar-refractivity contribution in [3.8, 4) is 0 Å². The number of azide groups is 1. The fourth-order valence-electron chi connectivity index (χ4n) is 2.58. The Bertz CT molecular complexity index is 632. The molecule has 0 aromatic rings. The van der Waals surface area contributed by atoms with Crippen LogP contribution in [0.3, 0.4) is 0 Å². The number of nitrogens with zero attached hydrogens (tertiary/aromatic N) is 3. The zero-order chi connectivity index (χ0) is 20.6. The van der Waals surface area contributed by atoms with E-state index in [4.69, 9.17) is 29.2 Å². The van der Waals surface area contributed by atoms with E-state index >= 15 is 0 Å². The van der Waals surface area contributed by atoms with Gasteiger partial charge in [0.05, 0.1) is 0 Å². The lowest BCUT2D eigenvalue weighted by Gasteiger charge is -2.43. The molecule has 27 heavy (non-hydrogen) atoms. The Morgan fingerprint density at radius 3 is 1.81 bits per heavy atom. The number of esters is 4. The van der Waals surface area contributed by atoms with Gasteiger partial charge in [-0.05, 0) is 12.0 Å². The van der Waals surface area contributed by atoms with E-state index in [1.54, 1.807) is 0 Å². The molecular weight excluding hydrogens is 366 g/mol. The third-order valence-electron chi connectivity index (χ3n) is 3.36. The van der Waals surface area contributed by atoms with E-state index in [2.05, 4.69) is 10.0 Å². The fourth-order valence-corrected chi connectivity index (χ4v) is 2.58. The van der Waals surface area contributed by atoms with Gasteiger partial charge in [-0.2, -0.15) is 0 Å². The number of carbonyl (C=O) groups is 4. The number of carbonyl (C=O) groups excluding carboxylic acids is 4. The van der Waals surface area contributed by atoms with E-state index < -0.39 is 54.6 Å². The zero-order valence-corrected chi connectivity index (χ0v) is 15.3. The average Bonchev–Trinajstić information content (AvgIpc) is 2.52. The topological polar surface area (TPSA) is 163 Å². The number of hydrogen-bond donors (Lipinski definition) is 0. The summed E-state index contributed by atoms with van der Waals surface area (Å²) in [4.78, 5) is 48.6. The van der Waals surface area contributed by atoms with E-state index in [0.29, 0.717) is 0 Å². The molecule has 0 radical (unpaired) electrons. The zero-order valence-electron chi connectivity index (χ0n) is 15.3. The van der Waals surface area contributed by atoms with Crippen molar-refractivity contribution in [1.82, 2.24) is 0 Å². The monoisotopic (exact) mass is 387 g/mol. The Labute approximate surface area is 154 Å². The van der Waals surface area contributed by atoms with Crippen LogP contribution in [0.25, 0.3) is 10.4 Å². The Hall–Kier alpha value is -2.85. The molecule has 12 nitrogen and oxygen atoms in total. The summed E-state index contributed by atoms with van der Waals surface area (Å²) in [6, 6.07) is 0. The molecule has 0 bridgehead atoms. The number of hydrogen-bond acceptors (Lipinski definition) is 10. The van der Waals surface area contributed by atoms with Gasteiger partial charge in [0, 0.05) is 39.2 Å². The molecule has 0 N–H and O–H groups in total. The van der Waals surface area contributed by atoms with Crippen molar-refractivity contribution in [1.29, 1.82) is 0 Å². The summed E-state index contributed by atoms with van der Waals surface area (Å²) in [5.74, 6) is -2.95. The van der Waals surface area contributed by atoms with Crippen molar-refractivity contribution in [2.75, 3.05) is 6.54 Å². The van der Waals surface area contributed by atoms with Gasteiger partial charge in [0.1, 0.15) is 6.10 Å². The van der Waals surface area contributed by atoms with Crippen LogP contribution >= 0.6 is 0 Å². The van der Waals surface area contributed by atoms with E-state index in [1.807, 2.05) is 0 Å². The van der Waals surface area contributed by atoms with Gasteiger partial charge in [-0.3, -0.25) is 19.2 Å². The molecule has 150 valence electrons. The first kappa shape index (κ1) is 22.2. The standard InChI is InChI=1S/C15H21N3O9/c1-7(19)23-12-11(5-6-17-18-16)27-15(26-10(4)22)14(25-9(3)21)13(12)24-8(2)20/h11-15H,5-6H2,1-4H3/t11-,12+,13+,14-,15?/m0/s1. The molecule has 0 aromatic carbocycles. The highest BCUT2D eigenvalue weighted by molar-refractivity contribution is 5.69. The second-order valence-corrected chi connectivity index (χ2v) is 5.62. The Morgan fingerprint density at radius 1 is 0.852 bits per heavy atom. The van der Waals surface area contributed by atoms with Crippen LogP contribution in [-0.2, 0) is 42.9 Å². The Kier molecular flexibility index (Phi) is 8.49. The number of ether oxygens (including phenoxy) is 5. The van der Waals surface area contributed by atoms with Crippen LogP contribution in [0.2, 0.25) is 0 Å². The summed E-state index contributed by atoms with van der Waals surface area (Å²) < 4.78 is 26.2. The van der Waals surface area contributed by atoms with Crippen LogP contribution < -0.4 is 0 Å². The molecule has 1 aliphatic heterocycles. The third-order valence-corrected chi connectivity index (χ3v) is 3.36. The van der Waals surface area contributed by atoms with E-state index in [-0.39, 0.29) is 13.0 Å². The molecule has 0 amide bonds. The first-order valence-corrected chi connectivity index (χ1v) is 8.01. The average molecular weight is 387 g/mol. The SMILES string of the molecule is CC(=O)OC1O[C@@H](CCN=[N+]=[N-])[C@@H](OC(C)=O)[C@@H](OC(C)=O)[C@@H]1OC(C)=O. The van der Waals surface area contributed by atoms with Gasteiger partial charge >= 0.3 is 23.9 Å². The second-order valence-electron chi connectivity index (χ2n) is 5.62. The minimum Gasteiger partial charge on any atom is -0.456 e. The fraction of sp³-hybridized carbons (Fsp3) is 0.733. The van der Waals surface area contributed by atoms with Crippen molar-refractivity contribution in [3.05, 3.63) is 10.4 Å². The molecule has 1 unspecified atom stereocenters. The van der Waals surface area contributed by atoms with Crippen LogP contribution in [0.5, 0.6) is 0 Å². The maximum atomic E-state index is 11.6. The first-order chi connectivity index (χ1) is 12.6. The van der Waals surface area contributed by atoms with Gasteiger partial charge in [-0.25, -0.2) is 0 Å². The van der Waals surface area contributed by atoms with Gasteiger partial charge < -0.3 is 23.7 Å². The summed E-state index contributed by atoms with van der Waals surface area (Å²) in [5, 5.41) is 3.38. The van der Waals surface area contributed by atoms with Gasteiger partial charge in [-0.1, -0.05) is 5.11 Å². The molecule has 1 rings (SSSR count). The minimum absolute atomic E-state index is 0.0310. The highest BCUT2D eigenvalue weighted by atomic mass is 16.7. The number of rotatable bonds is 7. The van der Waals surface area contributed by atoms with Crippen LogP contribution in [0.1, 0.15) is 34.1 Å². The van der Waals surface area contributed by atoms with E-state index in [9.17, 15) is 19.2 Å². The van der Waals surface area contributed by atoms with Crippen LogP contribution in [0, 0.1) is 0 Å². The molecule has 0 aliphatic carbocycles. The van der Waals surface area contributed by atoms with Crippen molar-refractivity contribution in [3.63, 3.8) is 0 Å². The van der Waals surface area contributed by atoms with Crippen molar-refractivity contribution >= 4 is 23.9 Å². The quantitative estimate of drug-likeness (QED) is 0.202. The minimum atomic E-state index is -1.42. The molecule has 1 saturated heterocycles. The first-order valence-electron chi connectivity index (χ1n) is 8.01. The summed E-state index contributed by atoms with van der Waals surface area (Å²) in [7, 11) is 0. The van der Waals surface area contributed by atoms with Crippen LogP contribution in [0.4, 0.5) is 0 Å². The van der Waals surface area contributed by atoms with Crippen molar-refractivity contribution < 1.29 is 42.9 Å². The molecule has 0 aromatic heterocycles. The summed E-state index contributed by atoms with van der Waals surface area (Å²) >= 11 is 0. The maximum absolute atomic E-state index is 11.6. The van der Waals surface area contributed by atoms with Crippen LogP contribution in [0.15, 0.2) is 5.11 Å². The lowest BCUT2D eigenvalue weighted by Crippen LogP contribution is -2.62. The van der Waals surface area contributed by atoms with Crippen molar-refractivity contribution in [2.45, 2.75) is 64.8 Å². The molecule has 1 heterocycles. The lowest BCUT2D eigenvalue weighted by molar-refractivity contribution is -0.296. The highest BCUT2D eigenvalue weighted by Gasteiger charge is 2.52. The largest absolute Gasteiger partial charge is 0.456 e. The van der Waals surface area contributed by atoms with Crippen LogP contribution in [-0.4, -0.2) is 61.1 Å². The summed E-state index contributed by atoms with van der Waals surface area (Å²) in [5.41, 5.74) is 8.43. The summed E-state index contributed by atoms with van der Waals surface area (Å²) in [6.07, 6.45) is -6.17. The summed E-state index contributed by atoms with van der Waals surface area (Å²) in [6.45, 7) is 4.43. The van der Waals surface area contributed by atoms with Gasteiger partial charge in [-0.15, -0.1) is 0 Å². The molecule has 0 spiro atoms. The van der Waals surface area contributed by atoms with Crippen molar-refractivity contribution in [2.24, 2.45) is 5.11 Å². The lowest BCUT2D eigenvalue weighted by atomic mass is 9.96. The molecule has 1 fully saturated rings. The van der Waals surface area contributed by atoms with E-state index in [1.165, 1.54) is 0 Å². The molecule has 12 heteroatoms.